The van der Waals surface area contributed by atoms with Crippen molar-refractivity contribution in [2.45, 2.75) is 26.7 Å². The highest BCUT2D eigenvalue weighted by Crippen LogP contribution is 2.08. The minimum absolute atomic E-state index is 0.676. The Morgan fingerprint density at radius 2 is 1.79 bits per heavy atom. The molecule has 1 rings (SSSR count). The van der Waals surface area contributed by atoms with Crippen molar-refractivity contribution in [1.82, 2.24) is 0 Å². The molecular weight excluding hydrogens is 168 g/mol. The van der Waals surface area contributed by atoms with Crippen LogP contribution in [-0.4, -0.2) is 0 Å². The minimum Gasteiger partial charge on any atom is -0.124 e. The molecule has 0 radical (unpaired) electrons. The van der Waals surface area contributed by atoms with Gasteiger partial charge in [0.2, 0.25) is 0 Å². The quantitative estimate of drug-likeness (QED) is 0.615. The smallest absolute Gasteiger partial charge is 0.0130 e. The zero-order valence-corrected chi connectivity index (χ0v) is 9.03. The fraction of sp³-hybridized carbons (Fsp3) is 0.357. The Kier molecular flexibility index (Phi) is 4.82. The second-order valence-electron chi connectivity index (χ2n) is 3.46. The third-order valence-electron chi connectivity index (χ3n) is 2.43. The number of allylic oxidation sites excluding steroid dienone is 1. The normalized spacial score (nSPS) is 9.64. The molecule has 0 saturated heterocycles. The zero-order valence-electron chi connectivity index (χ0n) is 9.03. The van der Waals surface area contributed by atoms with Crippen LogP contribution in [0.25, 0.3) is 6.08 Å². The molecule has 0 N–H and O–H groups in total. The first-order valence-corrected chi connectivity index (χ1v) is 5.34. The molecule has 14 heavy (non-hydrogen) atoms. The van der Waals surface area contributed by atoms with Crippen LogP contribution in [0.5, 0.6) is 0 Å². The fourth-order valence-corrected chi connectivity index (χ4v) is 1.35. The molecule has 0 atom stereocenters. The fourth-order valence-electron chi connectivity index (χ4n) is 1.35. The number of benzene rings is 1. The molecule has 0 heteroatoms. The van der Waals surface area contributed by atoms with Crippen molar-refractivity contribution in [2.24, 2.45) is 5.92 Å². The molecule has 0 unspecified atom stereocenters. The van der Waals surface area contributed by atoms with Crippen molar-refractivity contribution in [3.05, 3.63) is 47.7 Å². The third-order valence-corrected chi connectivity index (χ3v) is 2.43. The highest BCUT2D eigenvalue weighted by atomic mass is 14.0. The van der Waals surface area contributed by atoms with Gasteiger partial charge < -0.3 is 0 Å². The monoisotopic (exact) mass is 186 g/mol. The van der Waals surface area contributed by atoms with E-state index in [1.807, 2.05) is 24.3 Å². The maximum Gasteiger partial charge on any atom is -0.0130 e. The van der Waals surface area contributed by atoms with E-state index in [1.165, 1.54) is 18.4 Å². The molecule has 0 fully saturated rings. The van der Waals surface area contributed by atoms with Gasteiger partial charge in [-0.2, -0.15) is 0 Å². The van der Waals surface area contributed by atoms with Crippen LogP contribution >= 0.6 is 0 Å². The van der Waals surface area contributed by atoms with Crippen molar-refractivity contribution in [2.75, 3.05) is 0 Å². The van der Waals surface area contributed by atoms with Gasteiger partial charge in [0.05, 0.1) is 0 Å². The Labute approximate surface area is 87.0 Å². The molecule has 0 aliphatic heterocycles. The molecule has 0 aromatic heterocycles. The van der Waals surface area contributed by atoms with E-state index < -0.39 is 0 Å². The first-order valence-electron chi connectivity index (χ1n) is 5.34. The van der Waals surface area contributed by atoms with Crippen LogP contribution in [0, 0.1) is 5.92 Å². The van der Waals surface area contributed by atoms with E-state index in [0.29, 0.717) is 5.92 Å². The summed E-state index contributed by atoms with van der Waals surface area (Å²) in [5, 5.41) is 0. The van der Waals surface area contributed by atoms with Gasteiger partial charge >= 0.3 is 0 Å². The summed E-state index contributed by atoms with van der Waals surface area (Å²) in [5.74, 6) is 0.676. The summed E-state index contributed by atoms with van der Waals surface area (Å²) in [4.78, 5) is 0. The molecule has 0 aliphatic rings. The second kappa shape index (κ2) is 6.23. The average Bonchev–Trinajstić information content (AvgIpc) is 2.26. The molecule has 0 bridgehead atoms. The molecule has 74 valence electrons. The Bertz CT molecular complexity index is 298. The van der Waals surface area contributed by atoms with Gasteiger partial charge in [-0.3, -0.25) is 0 Å². The van der Waals surface area contributed by atoms with Crippen LogP contribution < -0.4 is 0 Å². The summed E-state index contributed by atoms with van der Waals surface area (Å²) < 4.78 is 0. The van der Waals surface area contributed by atoms with Gasteiger partial charge in [0.1, 0.15) is 0 Å². The van der Waals surface area contributed by atoms with Gasteiger partial charge in [0.15, 0.2) is 0 Å². The number of hydrogen-bond donors (Lipinski definition) is 0. The summed E-state index contributed by atoms with van der Waals surface area (Å²) in [6.07, 6.45) is 6.61. The molecule has 0 heterocycles. The molecule has 0 amide bonds. The lowest BCUT2D eigenvalue weighted by Crippen LogP contribution is -1.88. The summed E-state index contributed by atoms with van der Waals surface area (Å²) >= 11 is 0. The lowest BCUT2D eigenvalue weighted by atomic mass is 10.0. The van der Waals surface area contributed by atoms with Crippen LogP contribution in [0.4, 0.5) is 0 Å². The van der Waals surface area contributed by atoms with Gasteiger partial charge in [0, 0.05) is 0 Å². The van der Waals surface area contributed by atoms with E-state index >= 15 is 0 Å². The first kappa shape index (κ1) is 10.8. The van der Waals surface area contributed by atoms with Crippen molar-refractivity contribution in [3.8, 4) is 0 Å². The van der Waals surface area contributed by atoms with Gasteiger partial charge in [0.25, 0.3) is 0 Å². The van der Waals surface area contributed by atoms with Crippen LogP contribution in [0.3, 0.4) is 0 Å². The predicted octanol–water partition coefficient (Wildman–Crippen LogP) is 4.29. The third kappa shape index (κ3) is 3.64. The SMILES string of the molecule is CCC(C=C=Cc1ccccc1)CC. The van der Waals surface area contributed by atoms with Crippen molar-refractivity contribution < 1.29 is 0 Å². The lowest BCUT2D eigenvalue weighted by Gasteiger charge is -2.01. The summed E-state index contributed by atoms with van der Waals surface area (Å²) in [5.41, 5.74) is 4.47. The van der Waals surface area contributed by atoms with E-state index in [1.54, 1.807) is 0 Å². The van der Waals surface area contributed by atoms with Crippen molar-refractivity contribution in [1.29, 1.82) is 0 Å². The molecular formula is C14H18. The molecule has 1 aromatic carbocycles. The predicted molar refractivity (Wildman–Crippen MR) is 63.1 cm³/mol. The maximum absolute atomic E-state index is 3.25. The molecule has 1 aromatic rings. The molecule has 0 saturated carbocycles. The van der Waals surface area contributed by atoms with Gasteiger partial charge in [-0.15, -0.1) is 5.73 Å². The van der Waals surface area contributed by atoms with Crippen molar-refractivity contribution in [3.63, 3.8) is 0 Å². The van der Waals surface area contributed by atoms with E-state index in [2.05, 4.69) is 37.8 Å². The number of hydrogen-bond acceptors (Lipinski definition) is 0. The highest BCUT2D eigenvalue weighted by Gasteiger charge is 1.94. The van der Waals surface area contributed by atoms with Crippen LogP contribution in [0.2, 0.25) is 0 Å². The Balaban J connectivity index is 2.63. The van der Waals surface area contributed by atoms with Gasteiger partial charge in [-0.05, 0) is 36.5 Å². The van der Waals surface area contributed by atoms with Crippen LogP contribution in [-0.2, 0) is 0 Å². The van der Waals surface area contributed by atoms with Crippen LogP contribution in [0.15, 0.2) is 42.1 Å². The standard InChI is InChI=1S/C14H18/c1-3-13(4-2)11-8-12-14-9-6-5-7-10-14/h5-7,9-13H,3-4H2,1-2H3. The Morgan fingerprint density at radius 1 is 1.14 bits per heavy atom. The summed E-state index contributed by atoms with van der Waals surface area (Å²) in [7, 11) is 0. The first-order chi connectivity index (χ1) is 6.86. The summed E-state index contributed by atoms with van der Waals surface area (Å²) in [6.45, 7) is 4.43. The topological polar surface area (TPSA) is 0 Å². The average molecular weight is 186 g/mol. The lowest BCUT2D eigenvalue weighted by molar-refractivity contribution is 0.607. The van der Waals surface area contributed by atoms with E-state index in [4.69, 9.17) is 0 Å². The Morgan fingerprint density at radius 3 is 2.36 bits per heavy atom. The van der Waals surface area contributed by atoms with E-state index in [0.717, 1.165) is 0 Å². The number of rotatable bonds is 4. The van der Waals surface area contributed by atoms with Gasteiger partial charge in [-0.1, -0.05) is 44.2 Å². The van der Waals surface area contributed by atoms with E-state index in [9.17, 15) is 0 Å². The van der Waals surface area contributed by atoms with Crippen molar-refractivity contribution >= 4 is 6.08 Å². The zero-order chi connectivity index (χ0) is 10.2. The van der Waals surface area contributed by atoms with Crippen LogP contribution in [0.1, 0.15) is 32.3 Å². The second-order valence-corrected chi connectivity index (χ2v) is 3.46. The molecule has 0 aliphatic carbocycles. The van der Waals surface area contributed by atoms with Gasteiger partial charge in [-0.25, -0.2) is 0 Å². The summed E-state index contributed by atoms with van der Waals surface area (Å²) in [6, 6.07) is 10.3. The molecule has 0 nitrogen and oxygen atoms in total. The maximum atomic E-state index is 3.25. The largest absolute Gasteiger partial charge is 0.124 e. The minimum atomic E-state index is 0.676. The highest BCUT2D eigenvalue weighted by molar-refractivity contribution is 5.47. The van der Waals surface area contributed by atoms with E-state index in [-0.39, 0.29) is 0 Å². The molecule has 0 spiro atoms. The Hall–Kier alpha value is -1.26.